The van der Waals surface area contributed by atoms with Crippen molar-refractivity contribution < 1.29 is 9.53 Å². The van der Waals surface area contributed by atoms with Gasteiger partial charge in [-0.3, -0.25) is 0 Å². The largest absolute Gasteiger partial charge is 0.466 e. The van der Waals surface area contributed by atoms with Gasteiger partial charge in [0.2, 0.25) is 0 Å². The summed E-state index contributed by atoms with van der Waals surface area (Å²) in [4.78, 5) is 10.8. The maximum Gasteiger partial charge on any atom is 0.330 e. The van der Waals surface area contributed by atoms with Gasteiger partial charge >= 0.3 is 5.97 Å². The van der Waals surface area contributed by atoms with Crippen molar-refractivity contribution in [2.24, 2.45) is 0 Å². The third kappa shape index (κ3) is 2.62. The fourth-order valence-corrected chi connectivity index (χ4v) is 1.11. The maximum absolute atomic E-state index is 10.8. The molecule has 1 rings (SSSR count). The van der Waals surface area contributed by atoms with Gasteiger partial charge in [-0.25, -0.2) is 4.79 Å². The molecule has 0 N–H and O–H groups in total. The van der Waals surface area contributed by atoms with E-state index in [1.165, 1.54) is 13.2 Å². The predicted octanol–water partition coefficient (Wildman–Crippen LogP) is 1.86. The number of methoxy groups -OCH3 is 1. The number of hydrogen-bond donors (Lipinski definition) is 0. The van der Waals surface area contributed by atoms with Crippen molar-refractivity contribution in [3.05, 3.63) is 42.8 Å². The molecule has 0 fully saturated rings. The van der Waals surface area contributed by atoms with Crippen molar-refractivity contribution in [3.63, 3.8) is 0 Å². The Kier molecular flexibility index (Phi) is 3.73. The topological polar surface area (TPSA) is 31.2 Å². The molecule has 0 spiro atoms. The third-order valence-electron chi connectivity index (χ3n) is 1.78. The third-order valence-corrected chi connectivity index (χ3v) is 1.78. The standard InChI is InChI=1S/C11H13NO2/c1-3-8-12-9-4-5-10(12)6-7-11(13)14-2/h3-7,9H,1,8H2,2H3/b7-6+. The Bertz CT molecular complexity index is 350. The minimum Gasteiger partial charge on any atom is -0.466 e. The van der Waals surface area contributed by atoms with Gasteiger partial charge in [-0.05, 0) is 18.2 Å². The second-order valence-corrected chi connectivity index (χ2v) is 2.73. The fourth-order valence-electron chi connectivity index (χ4n) is 1.11. The summed E-state index contributed by atoms with van der Waals surface area (Å²) in [5.41, 5.74) is 0.954. The Labute approximate surface area is 83.3 Å². The summed E-state index contributed by atoms with van der Waals surface area (Å²) < 4.78 is 6.47. The number of carbonyl (C=O) groups excluding carboxylic acids is 1. The lowest BCUT2D eigenvalue weighted by atomic mass is 10.3. The van der Waals surface area contributed by atoms with E-state index in [2.05, 4.69) is 11.3 Å². The molecule has 0 bridgehead atoms. The van der Waals surface area contributed by atoms with Gasteiger partial charge in [0.25, 0.3) is 0 Å². The molecule has 0 saturated heterocycles. The molecule has 0 aliphatic rings. The minimum absolute atomic E-state index is 0.351. The van der Waals surface area contributed by atoms with Crippen molar-refractivity contribution in [1.82, 2.24) is 4.57 Å². The monoisotopic (exact) mass is 191 g/mol. The highest BCUT2D eigenvalue weighted by Gasteiger charge is 1.96. The van der Waals surface area contributed by atoms with Crippen molar-refractivity contribution in [2.45, 2.75) is 6.54 Å². The molecule has 0 saturated carbocycles. The number of ether oxygens (including phenoxy) is 1. The lowest BCUT2D eigenvalue weighted by Gasteiger charge is -2.00. The van der Waals surface area contributed by atoms with E-state index in [1.54, 1.807) is 12.2 Å². The minimum atomic E-state index is -0.351. The van der Waals surface area contributed by atoms with Crippen LogP contribution in [-0.4, -0.2) is 17.6 Å². The number of esters is 1. The maximum atomic E-state index is 10.8. The van der Waals surface area contributed by atoms with Crippen LogP contribution in [0.5, 0.6) is 0 Å². The Morgan fingerprint density at radius 3 is 3.14 bits per heavy atom. The molecule has 0 aliphatic carbocycles. The summed E-state index contributed by atoms with van der Waals surface area (Å²) in [6, 6.07) is 3.84. The van der Waals surface area contributed by atoms with Crippen LogP contribution in [0.25, 0.3) is 6.08 Å². The molecule has 0 atom stereocenters. The quantitative estimate of drug-likeness (QED) is 0.413. The van der Waals surface area contributed by atoms with Crippen LogP contribution in [0.3, 0.4) is 0 Å². The van der Waals surface area contributed by atoms with Crippen molar-refractivity contribution in [3.8, 4) is 0 Å². The van der Waals surface area contributed by atoms with E-state index in [0.717, 1.165) is 12.2 Å². The van der Waals surface area contributed by atoms with Gasteiger partial charge in [-0.1, -0.05) is 6.08 Å². The summed E-state index contributed by atoms with van der Waals surface area (Å²) >= 11 is 0. The van der Waals surface area contributed by atoms with E-state index in [0.29, 0.717) is 0 Å². The average molecular weight is 191 g/mol. The first-order chi connectivity index (χ1) is 6.77. The molecule has 1 aromatic heterocycles. The molecule has 1 heterocycles. The van der Waals surface area contributed by atoms with E-state index >= 15 is 0 Å². The van der Waals surface area contributed by atoms with Gasteiger partial charge in [-0.15, -0.1) is 6.58 Å². The zero-order valence-electron chi connectivity index (χ0n) is 8.14. The summed E-state index contributed by atoms with van der Waals surface area (Å²) in [7, 11) is 1.36. The molecule has 0 amide bonds. The highest BCUT2D eigenvalue weighted by molar-refractivity contribution is 5.86. The highest BCUT2D eigenvalue weighted by atomic mass is 16.5. The predicted molar refractivity (Wildman–Crippen MR) is 55.7 cm³/mol. The summed E-state index contributed by atoms with van der Waals surface area (Å²) in [5, 5.41) is 0. The highest BCUT2D eigenvalue weighted by Crippen LogP contribution is 2.04. The van der Waals surface area contributed by atoms with Crippen LogP contribution in [-0.2, 0) is 16.1 Å². The molecule has 3 heteroatoms. The van der Waals surface area contributed by atoms with Gasteiger partial charge in [0, 0.05) is 24.5 Å². The molecule has 3 nitrogen and oxygen atoms in total. The van der Waals surface area contributed by atoms with Crippen LogP contribution >= 0.6 is 0 Å². The van der Waals surface area contributed by atoms with Crippen LogP contribution in [0.4, 0.5) is 0 Å². The SMILES string of the molecule is C=CCn1cccc1/C=C/C(=O)OC. The molecule has 0 aromatic carbocycles. The summed E-state index contributed by atoms with van der Waals surface area (Å²) in [6.07, 6.45) is 6.85. The van der Waals surface area contributed by atoms with Crippen LogP contribution in [0.1, 0.15) is 5.69 Å². The van der Waals surface area contributed by atoms with E-state index in [-0.39, 0.29) is 5.97 Å². The molecular weight excluding hydrogens is 178 g/mol. The van der Waals surface area contributed by atoms with Gasteiger partial charge in [0.15, 0.2) is 0 Å². The average Bonchev–Trinajstić information content (AvgIpc) is 2.62. The lowest BCUT2D eigenvalue weighted by molar-refractivity contribution is -0.134. The number of rotatable bonds is 4. The Hall–Kier alpha value is -1.77. The van der Waals surface area contributed by atoms with E-state index < -0.39 is 0 Å². The second kappa shape index (κ2) is 5.07. The molecule has 1 aromatic rings. The number of nitrogens with zero attached hydrogens (tertiary/aromatic N) is 1. The lowest BCUT2D eigenvalue weighted by Crippen LogP contribution is -1.97. The number of hydrogen-bond acceptors (Lipinski definition) is 2. The molecule has 0 unspecified atom stereocenters. The normalized spacial score (nSPS) is 10.4. The van der Waals surface area contributed by atoms with E-state index in [9.17, 15) is 4.79 Å². The first-order valence-electron chi connectivity index (χ1n) is 4.30. The fraction of sp³-hybridized carbons (Fsp3) is 0.182. The van der Waals surface area contributed by atoms with Crippen LogP contribution in [0, 0.1) is 0 Å². The summed E-state index contributed by atoms with van der Waals surface area (Å²) in [5.74, 6) is -0.351. The van der Waals surface area contributed by atoms with E-state index in [1.807, 2.05) is 22.9 Å². The molecule has 0 radical (unpaired) electrons. The summed E-state index contributed by atoms with van der Waals surface area (Å²) in [6.45, 7) is 4.38. The molecular formula is C11H13NO2. The van der Waals surface area contributed by atoms with Crippen molar-refractivity contribution >= 4 is 12.0 Å². The van der Waals surface area contributed by atoms with Crippen molar-refractivity contribution in [2.75, 3.05) is 7.11 Å². The van der Waals surface area contributed by atoms with Gasteiger partial charge in [0.05, 0.1) is 7.11 Å². The molecule has 14 heavy (non-hydrogen) atoms. The van der Waals surface area contributed by atoms with Gasteiger partial charge < -0.3 is 9.30 Å². The second-order valence-electron chi connectivity index (χ2n) is 2.73. The zero-order valence-corrected chi connectivity index (χ0v) is 8.14. The van der Waals surface area contributed by atoms with Crippen LogP contribution in [0.2, 0.25) is 0 Å². The first-order valence-corrected chi connectivity index (χ1v) is 4.30. The van der Waals surface area contributed by atoms with E-state index in [4.69, 9.17) is 0 Å². The van der Waals surface area contributed by atoms with Gasteiger partial charge in [-0.2, -0.15) is 0 Å². The molecule has 74 valence electrons. The van der Waals surface area contributed by atoms with Crippen LogP contribution < -0.4 is 0 Å². The van der Waals surface area contributed by atoms with Crippen LogP contribution in [0.15, 0.2) is 37.1 Å². The number of carbonyl (C=O) groups is 1. The number of aromatic nitrogens is 1. The Balaban J connectivity index is 2.75. The first kappa shape index (κ1) is 10.3. The molecule has 0 aliphatic heterocycles. The Morgan fingerprint density at radius 1 is 1.71 bits per heavy atom. The smallest absolute Gasteiger partial charge is 0.330 e. The zero-order chi connectivity index (χ0) is 10.4. The van der Waals surface area contributed by atoms with Crippen molar-refractivity contribution in [1.29, 1.82) is 0 Å². The Morgan fingerprint density at radius 2 is 2.50 bits per heavy atom. The van der Waals surface area contributed by atoms with Gasteiger partial charge in [0.1, 0.15) is 0 Å². The number of allylic oxidation sites excluding steroid dienone is 1.